The number of amides is 1. The number of nitrogens with one attached hydrogen (secondary N) is 1. The van der Waals surface area contributed by atoms with Gasteiger partial charge in [-0.05, 0) is 38.8 Å². The van der Waals surface area contributed by atoms with E-state index in [4.69, 9.17) is 4.74 Å². The van der Waals surface area contributed by atoms with Crippen LogP contribution >= 0.6 is 11.3 Å². The Morgan fingerprint density at radius 2 is 1.86 bits per heavy atom. The van der Waals surface area contributed by atoms with Crippen LogP contribution in [0.25, 0.3) is 21.5 Å². The van der Waals surface area contributed by atoms with Gasteiger partial charge in [-0.3, -0.25) is 9.48 Å². The van der Waals surface area contributed by atoms with Crippen LogP contribution in [0.3, 0.4) is 0 Å². The van der Waals surface area contributed by atoms with Crippen molar-refractivity contribution in [1.29, 1.82) is 0 Å². The largest absolute Gasteiger partial charge is 0.451 e. The fraction of sp³-hybridized carbons (Fsp3) is 0.375. The molecule has 8 nitrogen and oxygen atoms in total. The summed E-state index contributed by atoms with van der Waals surface area (Å²) in [6.07, 6.45) is 2.77. The molecule has 0 spiro atoms. The van der Waals surface area contributed by atoms with E-state index in [0.29, 0.717) is 24.3 Å². The Kier molecular flexibility index (Phi) is 6.47. The molecule has 12 heteroatoms. The predicted octanol–water partition coefficient (Wildman–Crippen LogP) is 5.12. The second-order valence-corrected chi connectivity index (χ2v) is 9.93. The van der Waals surface area contributed by atoms with Crippen molar-refractivity contribution in [1.82, 2.24) is 30.0 Å². The summed E-state index contributed by atoms with van der Waals surface area (Å²) in [6, 6.07) is 3.12. The highest BCUT2D eigenvalue weighted by molar-refractivity contribution is 7.15. The fourth-order valence-corrected chi connectivity index (χ4v) is 5.02. The third kappa shape index (κ3) is 4.82. The van der Waals surface area contributed by atoms with Gasteiger partial charge < -0.3 is 10.1 Å². The second-order valence-electron chi connectivity index (χ2n) is 8.70. The summed E-state index contributed by atoms with van der Waals surface area (Å²) in [4.78, 5) is 25.6. The van der Waals surface area contributed by atoms with Crippen LogP contribution in [0.1, 0.15) is 58.5 Å². The minimum atomic E-state index is -4.63. The Bertz CT molecular complexity index is 1390. The summed E-state index contributed by atoms with van der Waals surface area (Å²) < 4.78 is 45.8. The number of halogens is 3. The number of nitrogens with zero attached hydrogens (tertiary/aromatic N) is 5. The van der Waals surface area contributed by atoms with Crippen molar-refractivity contribution in [2.45, 2.75) is 44.9 Å². The summed E-state index contributed by atoms with van der Waals surface area (Å²) in [5, 5.41) is 9.17. The minimum Gasteiger partial charge on any atom is -0.381 e. The molecule has 1 saturated heterocycles. The molecule has 1 aliphatic heterocycles. The lowest BCUT2D eigenvalue weighted by atomic mass is 10.0. The third-order valence-corrected chi connectivity index (χ3v) is 7.09. The van der Waals surface area contributed by atoms with Gasteiger partial charge in [-0.2, -0.15) is 18.3 Å². The first-order valence-electron chi connectivity index (χ1n) is 11.4. The van der Waals surface area contributed by atoms with Crippen LogP contribution < -0.4 is 5.32 Å². The van der Waals surface area contributed by atoms with Gasteiger partial charge >= 0.3 is 6.18 Å². The molecule has 0 radical (unpaired) electrons. The van der Waals surface area contributed by atoms with Crippen molar-refractivity contribution in [2.75, 3.05) is 13.2 Å². The van der Waals surface area contributed by atoms with Crippen LogP contribution in [0.2, 0.25) is 0 Å². The molecule has 0 bridgehead atoms. The van der Waals surface area contributed by atoms with Crippen molar-refractivity contribution in [3.63, 3.8) is 0 Å². The summed E-state index contributed by atoms with van der Waals surface area (Å²) in [5.74, 6) is -1.60. The second kappa shape index (κ2) is 9.58. The number of hydrogen-bond donors (Lipinski definition) is 1. The Balaban J connectivity index is 1.49. The molecular formula is C24H23F3N6O2S. The van der Waals surface area contributed by atoms with Crippen molar-refractivity contribution >= 4 is 28.1 Å². The third-order valence-electron chi connectivity index (χ3n) is 6.14. The lowest BCUT2D eigenvalue weighted by Crippen LogP contribution is -2.27. The molecule has 36 heavy (non-hydrogen) atoms. The van der Waals surface area contributed by atoms with Crippen molar-refractivity contribution < 1.29 is 22.7 Å². The van der Waals surface area contributed by atoms with E-state index in [2.05, 4.69) is 25.4 Å². The highest BCUT2D eigenvalue weighted by Gasteiger charge is 2.34. The van der Waals surface area contributed by atoms with E-state index in [1.54, 1.807) is 31.5 Å². The quantitative estimate of drug-likeness (QED) is 0.396. The highest BCUT2D eigenvalue weighted by Crippen LogP contribution is 2.35. The molecule has 1 aromatic carbocycles. The predicted molar refractivity (Wildman–Crippen MR) is 128 cm³/mol. The smallest absolute Gasteiger partial charge is 0.381 e. The normalized spacial score (nSPS) is 15.8. The number of ether oxygens (including phenoxy) is 1. The van der Waals surface area contributed by atoms with E-state index in [1.807, 2.05) is 11.6 Å². The Labute approximate surface area is 208 Å². The molecule has 1 atom stereocenters. The van der Waals surface area contributed by atoms with Crippen LogP contribution in [-0.2, 0) is 10.9 Å². The molecule has 4 heterocycles. The standard InChI is InChI=1S/C24H23F3N6O2S/c1-13-9-28-22(36-13)18-7-15(8-20-19(18)12-31-33(20)17-3-5-35-6-4-17)21(34)32-14(2)16-10-29-23(30-11-16)24(25,26)27/h7-12,14,17H,3-6H2,1-2H3,(H,32,34). The number of rotatable bonds is 5. The molecular weight excluding hydrogens is 493 g/mol. The number of hydrogen-bond acceptors (Lipinski definition) is 7. The molecule has 1 N–H and O–H groups in total. The Morgan fingerprint density at radius 3 is 2.50 bits per heavy atom. The minimum absolute atomic E-state index is 0.156. The van der Waals surface area contributed by atoms with E-state index < -0.39 is 18.0 Å². The Hall–Kier alpha value is -3.38. The van der Waals surface area contributed by atoms with Gasteiger partial charge in [-0.15, -0.1) is 11.3 Å². The van der Waals surface area contributed by atoms with Crippen molar-refractivity contribution in [3.05, 3.63) is 58.7 Å². The molecule has 0 saturated carbocycles. The molecule has 3 aromatic heterocycles. The number of carbonyl (C=O) groups is 1. The van der Waals surface area contributed by atoms with Crippen LogP contribution in [0.15, 0.2) is 36.9 Å². The number of benzene rings is 1. The molecule has 1 aliphatic rings. The zero-order chi connectivity index (χ0) is 25.4. The van der Waals surface area contributed by atoms with Crippen LogP contribution in [0, 0.1) is 6.92 Å². The van der Waals surface area contributed by atoms with Crippen LogP contribution in [0.5, 0.6) is 0 Å². The van der Waals surface area contributed by atoms with Gasteiger partial charge in [0.15, 0.2) is 0 Å². The van der Waals surface area contributed by atoms with Gasteiger partial charge in [0, 0.05) is 58.8 Å². The maximum atomic E-state index is 13.3. The lowest BCUT2D eigenvalue weighted by molar-refractivity contribution is -0.145. The highest BCUT2D eigenvalue weighted by atomic mass is 32.1. The SMILES string of the molecule is Cc1cnc(-c2cc(C(=O)NC(C)c3cnc(C(F)(F)F)nc3)cc3c2cnn3C2CCOCC2)s1. The first kappa shape index (κ1) is 24.3. The first-order chi connectivity index (χ1) is 17.2. The number of thiazole rings is 1. The maximum Gasteiger partial charge on any atom is 0.451 e. The number of alkyl halides is 3. The zero-order valence-electron chi connectivity index (χ0n) is 19.5. The van der Waals surface area contributed by atoms with Crippen LogP contribution in [0.4, 0.5) is 13.2 Å². The van der Waals surface area contributed by atoms with E-state index in [1.165, 1.54) is 11.3 Å². The average molecular weight is 517 g/mol. The van der Waals surface area contributed by atoms with E-state index >= 15 is 0 Å². The maximum absolute atomic E-state index is 13.3. The molecule has 4 aromatic rings. The van der Waals surface area contributed by atoms with Gasteiger partial charge in [0.2, 0.25) is 5.82 Å². The molecule has 1 fully saturated rings. The first-order valence-corrected chi connectivity index (χ1v) is 12.2. The lowest BCUT2D eigenvalue weighted by Gasteiger charge is -2.23. The van der Waals surface area contributed by atoms with Gasteiger partial charge in [0.25, 0.3) is 5.91 Å². The summed E-state index contributed by atoms with van der Waals surface area (Å²) >= 11 is 1.53. The molecule has 1 amide bonds. The van der Waals surface area contributed by atoms with E-state index in [9.17, 15) is 18.0 Å². The number of carbonyl (C=O) groups excluding carboxylic acids is 1. The van der Waals surface area contributed by atoms with Crippen molar-refractivity contribution in [2.24, 2.45) is 0 Å². The number of aromatic nitrogens is 5. The molecule has 0 aliphatic carbocycles. The Morgan fingerprint density at radius 1 is 1.14 bits per heavy atom. The summed E-state index contributed by atoms with van der Waals surface area (Å²) in [7, 11) is 0. The fourth-order valence-electron chi connectivity index (χ4n) is 4.22. The van der Waals surface area contributed by atoms with E-state index in [-0.39, 0.29) is 11.9 Å². The number of aryl methyl sites for hydroxylation is 1. The number of fused-ring (bicyclic) bond motifs is 1. The zero-order valence-corrected chi connectivity index (χ0v) is 20.4. The summed E-state index contributed by atoms with van der Waals surface area (Å²) in [5.41, 5.74) is 2.39. The van der Waals surface area contributed by atoms with Gasteiger partial charge in [0.1, 0.15) is 5.01 Å². The van der Waals surface area contributed by atoms with Crippen LogP contribution in [-0.4, -0.2) is 43.9 Å². The molecule has 5 rings (SSSR count). The van der Waals surface area contributed by atoms with Crippen molar-refractivity contribution in [3.8, 4) is 10.6 Å². The average Bonchev–Trinajstić information content (AvgIpc) is 3.49. The van der Waals surface area contributed by atoms with Gasteiger partial charge in [-0.25, -0.2) is 15.0 Å². The monoisotopic (exact) mass is 516 g/mol. The van der Waals surface area contributed by atoms with Gasteiger partial charge in [0.05, 0.1) is 23.8 Å². The topological polar surface area (TPSA) is 94.8 Å². The molecule has 188 valence electrons. The summed E-state index contributed by atoms with van der Waals surface area (Å²) in [6.45, 7) is 4.93. The van der Waals surface area contributed by atoms with E-state index in [0.717, 1.165) is 51.6 Å². The van der Waals surface area contributed by atoms with Gasteiger partial charge in [-0.1, -0.05) is 0 Å². The molecule has 1 unspecified atom stereocenters.